The normalized spacial score (nSPS) is 16.1. The minimum Gasteiger partial charge on any atom is -0.290 e. The van der Waals surface area contributed by atoms with Gasteiger partial charge in [0.1, 0.15) is 4.45 Å². The average molecular weight is 319 g/mol. The van der Waals surface area contributed by atoms with E-state index >= 15 is 0 Å². The zero-order valence-corrected chi connectivity index (χ0v) is 13.1. The highest BCUT2D eigenvalue weighted by Gasteiger charge is 2.38. The zero-order chi connectivity index (χ0) is 13.9. The number of hydrogen-bond donors (Lipinski definition) is 0. The third-order valence-electron chi connectivity index (χ3n) is 3.53. The lowest BCUT2D eigenvalue weighted by Gasteiger charge is -2.40. The molecule has 0 saturated heterocycles. The molecule has 0 N–H and O–H groups in total. The van der Waals surface area contributed by atoms with Crippen molar-refractivity contribution in [1.82, 2.24) is 9.88 Å². The van der Waals surface area contributed by atoms with E-state index in [9.17, 15) is 0 Å². The van der Waals surface area contributed by atoms with Crippen LogP contribution in [0.5, 0.6) is 0 Å². The van der Waals surface area contributed by atoms with Gasteiger partial charge in [-0.15, -0.1) is 0 Å². The highest BCUT2D eigenvalue weighted by atomic mass is 79.9. The zero-order valence-electron chi connectivity index (χ0n) is 11.5. The van der Waals surface area contributed by atoms with E-state index in [0.29, 0.717) is 0 Å². The van der Waals surface area contributed by atoms with Gasteiger partial charge in [-0.2, -0.15) is 0 Å². The summed E-state index contributed by atoms with van der Waals surface area (Å²) in [5, 5.41) is 0. The molecule has 2 aromatic rings. The number of benzene rings is 1. The van der Waals surface area contributed by atoms with Crippen LogP contribution in [0.15, 0.2) is 54.7 Å². The Labute approximate surface area is 123 Å². The molecular weight excluding hydrogens is 300 g/mol. The summed E-state index contributed by atoms with van der Waals surface area (Å²) in [5.41, 5.74) is 2.31. The summed E-state index contributed by atoms with van der Waals surface area (Å²) in [5.74, 6) is 0.228. The summed E-state index contributed by atoms with van der Waals surface area (Å²) in [7, 11) is 4.17. The fourth-order valence-corrected chi connectivity index (χ4v) is 2.89. The van der Waals surface area contributed by atoms with Crippen LogP contribution < -0.4 is 0 Å². The first-order chi connectivity index (χ1) is 9.06. The van der Waals surface area contributed by atoms with Crippen molar-refractivity contribution in [3.8, 4) is 0 Å². The van der Waals surface area contributed by atoms with E-state index in [-0.39, 0.29) is 10.4 Å². The molecule has 0 spiro atoms. The van der Waals surface area contributed by atoms with Crippen LogP contribution in [0.25, 0.3) is 0 Å². The van der Waals surface area contributed by atoms with Crippen molar-refractivity contribution in [3.63, 3.8) is 0 Å². The Morgan fingerprint density at radius 3 is 2.21 bits per heavy atom. The minimum atomic E-state index is -0.261. The second-order valence-electron chi connectivity index (χ2n) is 4.91. The summed E-state index contributed by atoms with van der Waals surface area (Å²) in [4.78, 5) is 6.69. The van der Waals surface area contributed by atoms with Gasteiger partial charge in [0.2, 0.25) is 0 Å². The number of nitrogens with zero attached hydrogens (tertiary/aromatic N) is 2. The molecule has 2 atom stereocenters. The molecule has 1 heterocycles. The molecule has 100 valence electrons. The fourth-order valence-electron chi connectivity index (χ4n) is 2.40. The van der Waals surface area contributed by atoms with Crippen LogP contribution in [0.2, 0.25) is 0 Å². The third kappa shape index (κ3) is 2.72. The van der Waals surface area contributed by atoms with E-state index in [1.165, 1.54) is 5.56 Å². The Morgan fingerprint density at radius 1 is 1.05 bits per heavy atom. The predicted octanol–water partition coefficient (Wildman–Crippen LogP) is 3.99. The van der Waals surface area contributed by atoms with Gasteiger partial charge < -0.3 is 0 Å². The van der Waals surface area contributed by atoms with E-state index < -0.39 is 0 Å². The highest BCUT2D eigenvalue weighted by Crippen LogP contribution is 2.45. The van der Waals surface area contributed by atoms with Crippen LogP contribution >= 0.6 is 15.9 Å². The molecule has 0 amide bonds. The highest BCUT2D eigenvalue weighted by molar-refractivity contribution is 9.09. The lowest BCUT2D eigenvalue weighted by Crippen LogP contribution is -2.40. The SMILES string of the molecule is CC(c1ccccn1)C(Br)(c1ccccc1)N(C)C. The summed E-state index contributed by atoms with van der Waals surface area (Å²) in [6.07, 6.45) is 1.85. The van der Waals surface area contributed by atoms with Crippen molar-refractivity contribution >= 4 is 15.9 Å². The van der Waals surface area contributed by atoms with Crippen molar-refractivity contribution in [2.45, 2.75) is 17.3 Å². The number of halogens is 1. The van der Waals surface area contributed by atoms with E-state index in [1.807, 2.05) is 24.4 Å². The monoisotopic (exact) mass is 318 g/mol. The largest absolute Gasteiger partial charge is 0.290 e. The van der Waals surface area contributed by atoms with Crippen LogP contribution in [0.1, 0.15) is 24.1 Å². The molecule has 0 aliphatic carbocycles. The lowest BCUT2D eigenvalue weighted by molar-refractivity contribution is 0.231. The second kappa shape index (κ2) is 5.85. The number of aromatic nitrogens is 1. The number of alkyl halides is 1. The average Bonchev–Trinajstić information content (AvgIpc) is 2.47. The smallest absolute Gasteiger partial charge is 0.110 e. The fraction of sp³-hybridized carbons (Fsp3) is 0.312. The molecule has 2 nitrogen and oxygen atoms in total. The van der Waals surface area contributed by atoms with Crippen molar-refractivity contribution in [2.24, 2.45) is 0 Å². The van der Waals surface area contributed by atoms with Gasteiger partial charge in [-0.05, 0) is 31.8 Å². The molecule has 0 fully saturated rings. The maximum atomic E-state index is 4.50. The second-order valence-corrected chi connectivity index (χ2v) is 6.12. The van der Waals surface area contributed by atoms with Gasteiger partial charge in [0.25, 0.3) is 0 Å². The van der Waals surface area contributed by atoms with Gasteiger partial charge in [0, 0.05) is 17.8 Å². The molecule has 2 unspecified atom stereocenters. The summed E-state index contributed by atoms with van der Waals surface area (Å²) in [6.45, 7) is 2.20. The van der Waals surface area contributed by atoms with Crippen molar-refractivity contribution < 1.29 is 0 Å². The molecule has 3 heteroatoms. The maximum absolute atomic E-state index is 4.50. The van der Waals surface area contributed by atoms with E-state index in [0.717, 1.165) is 5.69 Å². The van der Waals surface area contributed by atoms with E-state index in [2.05, 4.69) is 77.2 Å². The Bertz CT molecular complexity index is 513. The van der Waals surface area contributed by atoms with Gasteiger partial charge in [-0.25, -0.2) is 0 Å². The number of hydrogen-bond acceptors (Lipinski definition) is 2. The minimum absolute atomic E-state index is 0.228. The van der Waals surface area contributed by atoms with Gasteiger partial charge >= 0.3 is 0 Å². The molecule has 19 heavy (non-hydrogen) atoms. The Balaban J connectivity index is 2.46. The van der Waals surface area contributed by atoms with Crippen molar-refractivity contribution in [3.05, 3.63) is 66.0 Å². The third-order valence-corrected chi connectivity index (χ3v) is 5.39. The van der Waals surface area contributed by atoms with Crippen LogP contribution in [-0.2, 0) is 4.45 Å². The van der Waals surface area contributed by atoms with Gasteiger partial charge in [-0.3, -0.25) is 9.88 Å². The first-order valence-corrected chi connectivity index (χ1v) is 7.19. The number of likely N-dealkylation sites (N-methyl/N-ethyl adjacent to an activating group) is 1. The molecule has 0 saturated carbocycles. The standard InChI is InChI=1S/C16H19BrN2/c1-13(15-11-7-8-12-18-15)16(17,19(2)3)14-9-5-4-6-10-14/h4-13H,1-3H3. The summed E-state index contributed by atoms with van der Waals surface area (Å²) < 4.78 is -0.261. The van der Waals surface area contributed by atoms with Crippen LogP contribution in [-0.4, -0.2) is 24.0 Å². The topological polar surface area (TPSA) is 16.1 Å². The van der Waals surface area contributed by atoms with Gasteiger partial charge in [-0.1, -0.05) is 59.3 Å². The summed E-state index contributed by atoms with van der Waals surface area (Å²) in [6, 6.07) is 16.5. The van der Waals surface area contributed by atoms with E-state index in [1.54, 1.807) is 0 Å². The molecule has 0 radical (unpaired) electrons. The lowest BCUT2D eigenvalue weighted by atomic mass is 9.90. The number of pyridine rings is 1. The van der Waals surface area contributed by atoms with Crippen molar-refractivity contribution in [2.75, 3.05) is 14.1 Å². The first-order valence-electron chi connectivity index (χ1n) is 6.39. The Kier molecular flexibility index (Phi) is 4.38. The van der Waals surface area contributed by atoms with Gasteiger partial charge in [0.05, 0.1) is 0 Å². The molecule has 0 bridgehead atoms. The molecule has 2 rings (SSSR count). The quantitative estimate of drug-likeness (QED) is 0.626. The Hall–Kier alpha value is -1.19. The van der Waals surface area contributed by atoms with E-state index in [4.69, 9.17) is 0 Å². The van der Waals surface area contributed by atoms with Crippen LogP contribution in [0.4, 0.5) is 0 Å². The Morgan fingerprint density at radius 2 is 1.68 bits per heavy atom. The summed E-state index contributed by atoms with van der Waals surface area (Å²) >= 11 is 3.95. The van der Waals surface area contributed by atoms with Crippen molar-refractivity contribution in [1.29, 1.82) is 0 Å². The number of rotatable bonds is 4. The first kappa shape index (κ1) is 14.2. The maximum Gasteiger partial charge on any atom is 0.110 e. The molecule has 1 aromatic carbocycles. The molecule has 1 aromatic heterocycles. The molecule has 0 aliphatic rings. The van der Waals surface area contributed by atoms with Gasteiger partial charge in [0.15, 0.2) is 0 Å². The molecular formula is C16H19BrN2. The molecule has 0 aliphatic heterocycles. The predicted molar refractivity (Wildman–Crippen MR) is 83.4 cm³/mol. The van der Waals surface area contributed by atoms with Crippen LogP contribution in [0.3, 0.4) is 0 Å². The van der Waals surface area contributed by atoms with Crippen LogP contribution in [0, 0.1) is 0 Å².